The molecule has 0 aromatic carbocycles. The molecule has 0 aliphatic rings. The van der Waals surface area contributed by atoms with Crippen molar-refractivity contribution in [3.63, 3.8) is 0 Å². The predicted octanol–water partition coefficient (Wildman–Crippen LogP) is 2.38. The van der Waals surface area contributed by atoms with Gasteiger partial charge in [0.2, 0.25) is 0 Å². The van der Waals surface area contributed by atoms with Gasteiger partial charge in [-0.05, 0) is 26.3 Å². The zero-order valence-corrected chi connectivity index (χ0v) is 10.7. The van der Waals surface area contributed by atoms with Crippen molar-refractivity contribution in [2.75, 3.05) is 20.8 Å². The first-order chi connectivity index (χ1) is 7.19. The second kappa shape index (κ2) is 6.20. The second-order valence-electron chi connectivity index (χ2n) is 3.82. The maximum atomic E-state index is 5.10. The van der Waals surface area contributed by atoms with Crippen molar-refractivity contribution in [3.05, 3.63) is 16.1 Å². The van der Waals surface area contributed by atoms with E-state index in [1.54, 1.807) is 18.4 Å². The van der Waals surface area contributed by atoms with Crippen molar-refractivity contribution in [3.8, 4) is 0 Å². The molecule has 4 heteroatoms. The lowest BCUT2D eigenvalue weighted by Crippen LogP contribution is -2.24. The molecule has 0 bridgehead atoms. The van der Waals surface area contributed by atoms with Crippen molar-refractivity contribution < 1.29 is 4.74 Å². The summed E-state index contributed by atoms with van der Waals surface area (Å²) in [4.78, 5) is 4.53. The van der Waals surface area contributed by atoms with Crippen LogP contribution >= 0.6 is 11.3 Å². The largest absolute Gasteiger partial charge is 0.385 e. The van der Waals surface area contributed by atoms with Gasteiger partial charge < -0.3 is 10.1 Å². The first-order valence-electron chi connectivity index (χ1n) is 5.27. The molecular weight excluding hydrogens is 208 g/mol. The smallest absolute Gasteiger partial charge is 0.0898 e. The van der Waals surface area contributed by atoms with Crippen LogP contribution in [-0.2, 0) is 4.74 Å². The number of hydrogen-bond donors (Lipinski definition) is 1. The molecule has 15 heavy (non-hydrogen) atoms. The fourth-order valence-electron chi connectivity index (χ4n) is 1.72. The zero-order valence-electron chi connectivity index (χ0n) is 9.91. The highest BCUT2D eigenvalue weighted by atomic mass is 32.1. The van der Waals surface area contributed by atoms with E-state index in [4.69, 9.17) is 4.74 Å². The van der Waals surface area contributed by atoms with Crippen LogP contribution in [0.5, 0.6) is 0 Å². The molecule has 0 aliphatic heterocycles. The maximum absolute atomic E-state index is 5.10. The molecule has 0 fully saturated rings. The van der Waals surface area contributed by atoms with E-state index in [9.17, 15) is 0 Å². The molecule has 1 N–H and O–H groups in total. The minimum absolute atomic E-state index is 0.338. The summed E-state index contributed by atoms with van der Waals surface area (Å²) in [6.07, 6.45) is 1.05. The molecule has 1 aromatic heterocycles. The molecule has 2 unspecified atom stereocenters. The average Bonchev–Trinajstić information content (AvgIpc) is 2.63. The van der Waals surface area contributed by atoms with Gasteiger partial charge in [-0.2, -0.15) is 0 Å². The van der Waals surface area contributed by atoms with Crippen LogP contribution in [0.25, 0.3) is 0 Å². The van der Waals surface area contributed by atoms with Crippen molar-refractivity contribution in [1.82, 2.24) is 10.3 Å². The summed E-state index contributed by atoms with van der Waals surface area (Å²) in [5.74, 6) is 0.538. The third kappa shape index (κ3) is 3.55. The van der Waals surface area contributed by atoms with Gasteiger partial charge in [-0.1, -0.05) is 6.92 Å². The van der Waals surface area contributed by atoms with Crippen molar-refractivity contribution in [2.24, 2.45) is 5.92 Å². The number of rotatable bonds is 6. The lowest BCUT2D eigenvalue weighted by molar-refractivity contribution is 0.171. The molecular formula is C11H20N2OS. The van der Waals surface area contributed by atoms with E-state index in [2.05, 4.69) is 22.6 Å². The van der Waals surface area contributed by atoms with Gasteiger partial charge in [0.15, 0.2) is 0 Å². The van der Waals surface area contributed by atoms with Gasteiger partial charge in [-0.15, -0.1) is 11.3 Å². The molecule has 0 saturated heterocycles. The molecule has 2 atom stereocenters. The van der Waals surface area contributed by atoms with Gasteiger partial charge in [-0.25, -0.2) is 4.98 Å². The van der Waals surface area contributed by atoms with Crippen molar-refractivity contribution >= 4 is 11.3 Å². The molecule has 86 valence electrons. The highest BCUT2D eigenvalue weighted by Gasteiger charge is 2.19. The topological polar surface area (TPSA) is 34.2 Å². The number of thiazole rings is 1. The Labute approximate surface area is 95.9 Å². The van der Waals surface area contributed by atoms with Crippen LogP contribution in [-0.4, -0.2) is 25.7 Å². The standard InChI is InChI=1S/C11H20N2OS/c1-8(5-6-14-4)11(12-3)10-7-15-9(2)13-10/h7-8,11-12H,5-6H2,1-4H3. The third-order valence-corrected chi connectivity index (χ3v) is 3.40. The molecule has 0 spiro atoms. The second-order valence-corrected chi connectivity index (χ2v) is 4.88. The summed E-state index contributed by atoms with van der Waals surface area (Å²) in [7, 11) is 3.73. The quantitative estimate of drug-likeness (QED) is 0.811. The van der Waals surface area contributed by atoms with E-state index in [1.165, 1.54) is 0 Å². The summed E-state index contributed by atoms with van der Waals surface area (Å²) in [5.41, 5.74) is 1.16. The average molecular weight is 228 g/mol. The van der Waals surface area contributed by atoms with Crippen LogP contribution in [0.2, 0.25) is 0 Å². The Bertz CT molecular complexity index is 288. The van der Waals surface area contributed by atoms with E-state index in [-0.39, 0.29) is 0 Å². The SMILES string of the molecule is CNC(c1csc(C)n1)C(C)CCOC. The zero-order chi connectivity index (χ0) is 11.3. The van der Waals surface area contributed by atoms with Crippen molar-refractivity contribution in [1.29, 1.82) is 0 Å². The Morgan fingerprint density at radius 2 is 2.33 bits per heavy atom. The van der Waals surface area contributed by atoms with Gasteiger partial charge in [0.1, 0.15) is 0 Å². The highest BCUT2D eigenvalue weighted by molar-refractivity contribution is 7.09. The monoisotopic (exact) mass is 228 g/mol. The molecule has 3 nitrogen and oxygen atoms in total. The van der Waals surface area contributed by atoms with E-state index >= 15 is 0 Å². The van der Waals surface area contributed by atoms with Crippen LogP contribution in [0, 0.1) is 12.8 Å². The lowest BCUT2D eigenvalue weighted by atomic mass is 9.96. The maximum Gasteiger partial charge on any atom is 0.0898 e. The molecule has 0 amide bonds. The van der Waals surface area contributed by atoms with E-state index in [0.29, 0.717) is 12.0 Å². The number of hydrogen-bond acceptors (Lipinski definition) is 4. The summed E-state index contributed by atoms with van der Waals surface area (Å²) >= 11 is 1.71. The number of aryl methyl sites for hydroxylation is 1. The number of methoxy groups -OCH3 is 1. The number of ether oxygens (including phenoxy) is 1. The van der Waals surface area contributed by atoms with Gasteiger partial charge in [0.25, 0.3) is 0 Å². The first-order valence-corrected chi connectivity index (χ1v) is 6.15. The van der Waals surface area contributed by atoms with Crippen LogP contribution < -0.4 is 5.32 Å². The summed E-state index contributed by atoms with van der Waals surface area (Å²) in [5, 5.41) is 6.60. The fourth-order valence-corrected chi connectivity index (χ4v) is 2.37. The van der Waals surface area contributed by atoms with Gasteiger partial charge in [0.05, 0.1) is 16.7 Å². The Morgan fingerprint density at radius 1 is 1.60 bits per heavy atom. The molecule has 1 heterocycles. The first kappa shape index (κ1) is 12.6. The molecule has 1 rings (SSSR count). The summed E-state index contributed by atoms with van der Waals surface area (Å²) < 4.78 is 5.10. The number of nitrogens with one attached hydrogen (secondary N) is 1. The molecule has 0 saturated carbocycles. The van der Waals surface area contributed by atoms with Crippen LogP contribution in [0.1, 0.15) is 30.1 Å². The minimum Gasteiger partial charge on any atom is -0.385 e. The Balaban J connectivity index is 2.62. The third-order valence-electron chi connectivity index (χ3n) is 2.61. The summed E-state index contributed by atoms with van der Waals surface area (Å²) in [6, 6.07) is 0.338. The Hall–Kier alpha value is -0.450. The molecule has 1 aromatic rings. The minimum atomic E-state index is 0.338. The fraction of sp³-hybridized carbons (Fsp3) is 0.727. The predicted molar refractivity (Wildman–Crippen MR) is 64.3 cm³/mol. The van der Waals surface area contributed by atoms with Crippen LogP contribution in [0.4, 0.5) is 0 Å². The van der Waals surface area contributed by atoms with Gasteiger partial charge >= 0.3 is 0 Å². The Kier molecular flexibility index (Phi) is 5.22. The normalized spacial score (nSPS) is 15.2. The lowest BCUT2D eigenvalue weighted by Gasteiger charge is -2.21. The number of aromatic nitrogens is 1. The van der Waals surface area contributed by atoms with Crippen molar-refractivity contribution in [2.45, 2.75) is 26.3 Å². The van der Waals surface area contributed by atoms with E-state index in [0.717, 1.165) is 23.7 Å². The van der Waals surface area contributed by atoms with Crippen LogP contribution in [0.3, 0.4) is 0 Å². The van der Waals surface area contributed by atoms with Gasteiger partial charge in [0, 0.05) is 19.1 Å². The van der Waals surface area contributed by atoms with Gasteiger partial charge in [-0.3, -0.25) is 0 Å². The Morgan fingerprint density at radius 3 is 2.80 bits per heavy atom. The van der Waals surface area contributed by atoms with Crippen LogP contribution in [0.15, 0.2) is 5.38 Å². The molecule has 0 radical (unpaired) electrons. The highest BCUT2D eigenvalue weighted by Crippen LogP contribution is 2.25. The van der Waals surface area contributed by atoms with E-state index in [1.807, 2.05) is 14.0 Å². The summed E-state index contributed by atoms with van der Waals surface area (Å²) in [6.45, 7) is 5.08. The number of nitrogens with zero attached hydrogens (tertiary/aromatic N) is 1. The molecule has 0 aliphatic carbocycles. The van der Waals surface area contributed by atoms with E-state index < -0.39 is 0 Å².